The Labute approximate surface area is 125 Å². The van der Waals surface area contributed by atoms with Gasteiger partial charge in [-0.05, 0) is 73.8 Å². The zero-order valence-electron chi connectivity index (χ0n) is 13.9. The minimum absolute atomic E-state index is 0.502. The Kier molecular flexibility index (Phi) is 7.72. The average Bonchev–Trinajstić information content (AvgIpc) is 2.45. The van der Waals surface area contributed by atoms with E-state index in [1.807, 2.05) is 6.07 Å². The van der Waals surface area contributed by atoms with Crippen molar-refractivity contribution in [3.8, 4) is 5.75 Å². The first-order valence-electron chi connectivity index (χ1n) is 8.48. The van der Waals surface area contributed by atoms with Crippen molar-refractivity contribution in [1.82, 2.24) is 0 Å². The number of aryl methyl sites for hydroxylation is 1. The second-order valence-corrected chi connectivity index (χ2v) is 5.95. The zero-order chi connectivity index (χ0) is 15.0. The summed E-state index contributed by atoms with van der Waals surface area (Å²) in [5.74, 6) is 0.502. The summed E-state index contributed by atoms with van der Waals surface area (Å²) in [5, 5.41) is 10.2. The van der Waals surface area contributed by atoms with Crippen molar-refractivity contribution in [1.29, 1.82) is 0 Å². The lowest BCUT2D eigenvalue weighted by molar-refractivity contribution is 0.468. The molecule has 0 saturated heterocycles. The molecule has 0 spiro atoms. The fourth-order valence-corrected chi connectivity index (χ4v) is 2.88. The van der Waals surface area contributed by atoms with Crippen molar-refractivity contribution in [2.24, 2.45) is 0 Å². The molecule has 1 N–H and O–H groups in total. The smallest absolute Gasteiger partial charge is 0.119 e. The normalized spacial score (nSPS) is 11.0. The van der Waals surface area contributed by atoms with Crippen LogP contribution in [0.15, 0.2) is 6.07 Å². The van der Waals surface area contributed by atoms with Gasteiger partial charge in [0.05, 0.1) is 0 Å². The predicted octanol–water partition coefficient (Wildman–Crippen LogP) is 5.73. The van der Waals surface area contributed by atoms with Gasteiger partial charge in [-0.1, -0.05) is 40.0 Å². The second-order valence-electron chi connectivity index (χ2n) is 5.95. The zero-order valence-corrected chi connectivity index (χ0v) is 13.9. The van der Waals surface area contributed by atoms with Crippen molar-refractivity contribution in [2.75, 3.05) is 0 Å². The average molecular weight is 276 g/mol. The molecule has 0 heterocycles. The number of phenols is 1. The Morgan fingerprint density at radius 3 is 1.85 bits per heavy atom. The first-order chi connectivity index (χ1) is 9.65. The van der Waals surface area contributed by atoms with Crippen LogP contribution in [0.4, 0.5) is 0 Å². The van der Waals surface area contributed by atoms with E-state index in [4.69, 9.17) is 0 Å². The summed E-state index contributed by atoms with van der Waals surface area (Å²) in [6.07, 6.45) is 10.8. The lowest BCUT2D eigenvalue weighted by atomic mass is 9.87. The summed E-state index contributed by atoms with van der Waals surface area (Å²) in [5.41, 5.74) is 5.50. The highest BCUT2D eigenvalue weighted by Gasteiger charge is 2.14. The highest BCUT2D eigenvalue weighted by molar-refractivity contribution is 5.49. The van der Waals surface area contributed by atoms with Crippen LogP contribution in [-0.2, 0) is 19.3 Å². The molecule has 0 amide bonds. The van der Waals surface area contributed by atoms with Gasteiger partial charge in [-0.3, -0.25) is 0 Å². The molecule has 0 aromatic heterocycles. The van der Waals surface area contributed by atoms with Crippen LogP contribution in [-0.4, -0.2) is 5.11 Å². The molecule has 0 radical (unpaired) electrons. The van der Waals surface area contributed by atoms with Gasteiger partial charge in [0.25, 0.3) is 0 Å². The van der Waals surface area contributed by atoms with Crippen LogP contribution in [0.2, 0.25) is 0 Å². The molecule has 1 rings (SSSR count). The Hall–Kier alpha value is -0.980. The Balaban J connectivity index is 3.15. The number of phenolic OH excluding ortho intramolecular Hbond substituents is 1. The molecule has 1 aromatic carbocycles. The van der Waals surface area contributed by atoms with E-state index in [9.17, 15) is 5.11 Å². The maximum Gasteiger partial charge on any atom is 0.119 e. The quantitative estimate of drug-likeness (QED) is 0.611. The van der Waals surface area contributed by atoms with Crippen molar-refractivity contribution in [3.05, 3.63) is 28.3 Å². The molecule has 1 heteroatoms. The lowest BCUT2D eigenvalue weighted by Gasteiger charge is -2.19. The van der Waals surface area contributed by atoms with E-state index in [0.717, 1.165) is 18.4 Å². The molecule has 0 unspecified atom stereocenters. The van der Waals surface area contributed by atoms with E-state index in [0.29, 0.717) is 5.75 Å². The van der Waals surface area contributed by atoms with E-state index in [1.165, 1.54) is 56.1 Å². The van der Waals surface area contributed by atoms with Crippen LogP contribution in [0.5, 0.6) is 5.75 Å². The van der Waals surface area contributed by atoms with E-state index < -0.39 is 0 Å². The highest BCUT2D eigenvalue weighted by atomic mass is 16.3. The summed E-state index contributed by atoms with van der Waals surface area (Å²) in [4.78, 5) is 0. The predicted molar refractivity (Wildman–Crippen MR) is 88.7 cm³/mol. The van der Waals surface area contributed by atoms with Crippen molar-refractivity contribution in [2.45, 2.75) is 85.5 Å². The molecule has 114 valence electrons. The maximum absolute atomic E-state index is 10.2. The van der Waals surface area contributed by atoms with Gasteiger partial charge in [-0.25, -0.2) is 0 Å². The molecule has 0 saturated carbocycles. The number of benzene rings is 1. The Morgan fingerprint density at radius 2 is 1.30 bits per heavy atom. The molecule has 0 bridgehead atoms. The van der Waals surface area contributed by atoms with Gasteiger partial charge in [-0.15, -0.1) is 0 Å². The molecule has 0 aliphatic heterocycles. The Morgan fingerprint density at radius 1 is 0.800 bits per heavy atom. The molecular weight excluding hydrogens is 244 g/mol. The van der Waals surface area contributed by atoms with Gasteiger partial charge in [0.2, 0.25) is 0 Å². The fourth-order valence-electron chi connectivity index (χ4n) is 2.88. The van der Waals surface area contributed by atoms with Crippen LogP contribution in [0.1, 0.15) is 81.5 Å². The van der Waals surface area contributed by atoms with E-state index in [1.54, 1.807) is 5.56 Å². The van der Waals surface area contributed by atoms with E-state index >= 15 is 0 Å². The van der Waals surface area contributed by atoms with Gasteiger partial charge >= 0.3 is 0 Å². The molecular formula is C19H32O. The number of hydrogen-bond donors (Lipinski definition) is 1. The first kappa shape index (κ1) is 17.1. The van der Waals surface area contributed by atoms with Gasteiger partial charge in [0.15, 0.2) is 0 Å². The molecule has 0 atom stereocenters. The fraction of sp³-hybridized carbons (Fsp3) is 0.684. The van der Waals surface area contributed by atoms with E-state index in [2.05, 4.69) is 27.7 Å². The molecule has 1 nitrogen and oxygen atoms in total. The van der Waals surface area contributed by atoms with Gasteiger partial charge in [0.1, 0.15) is 5.75 Å². The van der Waals surface area contributed by atoms with Crippen LogP contribution in [0, 0.1) is 6.92 Å². The minimum Gasteiger partial charge on any atom is -0.508 e. The third-order valence-electron chi connectivity index (χ3n) is 4.26. The van der Waals surface area contributed by atoms with Gasteiger partial charge in [-0.2, -0.15) is 0 Å². The topological polar surface area (TPSA) is 20.2 Å². The summed E-state index contributed by atoms with van der Waals surface area (Å²) in [7, 11) is 0. The molecule has 0 fully saturated rings. The number of rotatable bonds is 9. The molecule has 20 heavy (non-hydrogen) atoms. The minimum atomic E-state index is 0.502. The molecule has 0 aliphatic carbocycles. The largest absolute Gasteiger partial charge is 0.508 e. The summed E-state index contributed by atoms with van der Waals surface area (Å²) >= 11 is 0. The van der Waals surface area contributed by atoms with Crippen LogP contribution >= 0.6 is 0 Å². The third-order valence-corrected chi connectivity index (χ3v) is 4.26. The standard InChI is InChI=1S/C19H32O/c1-5-8-11-16-14-19(20)15(4)17(12-9-6-2)18(16)13-10-7-3/h14,20H,5-13H2,1-4H3. The van der Waals surface area contributed by atoms with Crippen molar-refractivity contribution < 1.29 is 5.11 Å². The van der Waals surface area contributed by atoms with Crippen molar-refractivity contribution >= 4 is 0 Å². The third kappa shape index (κ3) is 4.54. The van der Waals surface area contributed by atoms with E-state index in [-0.39, 0.29) is 0 Å². The highest BCUT2D eigenvalue weighted by Crippen LogP contribution is 2.31. The van der Waals surface area contributed by atoms with Crippen molar-refractivity contribution in [3.63, 3.8) is 0 Å². The van der Waals surface area contributed by atoms with Gasteiger partial charge in [0, 0.05) is 0 Å². The first-order valence-corrected chi connectivity index (χ1v) is 8.48. The summed E-state index contributed by atoms with van der Waals surface area (Å²) in [6, 6.07) is 2.03. The maximum atomic E-state index is 10.2. The second kappa shape index (κ2) is 9.05. The molecule has 0 aliphatic rings. The van der Waals surface area contributed by atoms with Crippen LogP contribution in [0.3, 0.4) is 0 Å². The van der Waals surface area contributed by atoms with Crippen LogP contribution < -0.4 is 0 Å². The Bertz CT molecular complexity index is 407. The van der Waals surface area contributed by atoms with Crippen LogP contribution in [0.25, 0.3) is 0 Å². The summed E-state index contributed by atoms with van der Waals surface area (Å²) < 4.78 is 0. The lowest BCUT2D eigenvalue weighted by Crippen LogP contribution is -2.04. The SMILES string of the molecule is CCCCc1cc(O)c(C)c(CCCC)c1CCCC. The summed E-state index contributed by atoms with van der Waals surface area (Å²) in [6.45, 7) is 8.81. The molecule has 1 aromatic rings. The number of unbranched alkanes of at least 4 members (excludes halogenated alkanes) is 3. The number of hydrogen-bond acceptors (Lipinski definition) is 1. The monoisotopic (exact) mass is 276 g/mol. The number of aromatic hydroxyl groups is 1. The van der Waals surface area contributed by atoms with Gasteiger partial charge < -0.3 is 5.11 Å².